The maximum atomic E-state index is 13.0. The normalized spacial score (nSPS) is 10.6. The van der Waals surface area contributed by atoms with Crippen LogP contribution in [0.4, 0.5) is 8.78 Å². The fourth-order valence-corrected chi connectivity index (χ4v) is 2.44. The molecule has 3 aromatic rings. The SMILES string of the molecule is O=C(OCc1coc(-c2cccs2)n1)c1cc(F)cc(F)c1. The first-order chi connectivity index (χ1) is 10.6. The van der Waals surface area contributed by atoms with Crippen LogP contribution in [0.2, 0.25) is 0 Å². The number of hydrogen-bond acceptors (Lipinski definition) is 5. The first-order valence-electron chi connectivity index (χ1n) is 6.23. The molecule has 0 amide bonds. The van der Waals surface area contributed by atoms with E-state index in [1.54, 1.807) is 0 Å². The molecule has 0 saturated carbocycles. The number of ether oxygens (including phenoxy) is 1. The van der Waals surface area contributed by atoms with Crippen LogP contribution in [0, 0.1) is 11.6 Å². The molecule has 22 heavy (non-hydrogen) atoms. The minimum absolute atomic E-state index is 0.147. The van der Waals surface area contributed by atoms with Crippen LogP contribution >= 0.6 is 11.3 Å². The topological polar surface area (TPSA) is 52.3 Å². The van der Waals surface area contributed by atoms with Gasteiger partial charge in [0.05, 0.1) is 10.4 Å². The summed E-state index contributed by atoms with van der Waals surface area (Å²) < 4.78 is 36.3. The van der Waals surface area contributed by atoms with Gasteiger partial charge in [-0.15, -0.1) is 11.3 Å². The van der Waals surface area contributed by atoms with Crippen LogP contribution in [-0.2, 0) is 11.3 Å². The summed E-state index contributed by atoms with van der Waals surface area (Å²) in [5, 5.41) is 1.89. The second-order valence-electron chi connectivity index (χ2n) is 4.36. The third-order valence-electron chi connectivity index (χ3n) is 2.73. The third kappa shape index (κ3) is 3.20. The second kappa shape index (κ2) is 6.07. The highest BCUT2D eigenvalue weighted by molar-refractivity contribution is 7.13. The third-order valence-corrected chi connectivity index (χ3v) is 3.59. The van der Waals surface area contributed by atoms with Crippen LogP contribution < -0.4 is 0 Å². The first kappa shape index (κ1) is 14.4. The highest BCUT2D eigenvalue weighted by Crippen LogP contribution is 2.23. The molecule has 0 aliphatic rings. The van der Waals surface area contributed by atoms with Crippen LogP contribution in [0.1, 0.15) is 16.1 Å². The molecule has 0 aliphatic heterocycles. The number of nitrogens with zero attached hydrogens (tertiary/aromatic N) is 1. The smallest absolute Gasteiger partial charge is 0.338 e. The number of rotatable bonds is 4. The molecular formula is C15H9F2NO3S. The lowest BCUT2D eigenvalue weighted by molar-refractivity contribution is 0.0466. The molecule has 7 heteroatoms. The van der Waals surface area contributed by atoms with Crippen LogP contribution in [0.5, 0.6) is 0 Å². The summed E-state index contributed by atoms with van der Waals surface area (Å²) in [6, 6.07) is 6.21. The van der Waals surface area contributed by atoms with Gasteiger partial charge in [0.15, 0.2) is 0 Å². The molecule has 0 aliphatic carbocycles. The Balaban J connectivity index is 1.66. The zero-order valence-electron chi connectivity index (χ0n) is 11.1. The molecule has 0 radical (unpaired) electrons. The van der Waals surface area contributed by atoms with Gasteiger partial charge >= 0.3 is 5.97 Å². The van der Waals surface area contributed by atoms with Gasteiger partial charge in [-0.25, -0.2) is 18.6 Å². The highest BCUT2D eigenvalue weighted by atomic mass is 32.1. The summed E-state index contributed by atoms with van der Waals surface area (Å²) in [5.74, 6) is -2.08. The van der Waals surface area contributed by atoms with E-state index < -0.39 is 17.6 Å². The van der Waals surface area contributed by atoms with Crippen molar-refractivity contribution >= 4 is 17.3 Å². The van der Waals surface area contributed by atoms with Crippen molar-refractivity contribution in [2.75, 3.05) is 0 Å². The number of thiophene rings is 1. The van der Waals surface area contributed by atoms with E-state index in [2.05, 4.69) is 4.98 Å². The van der Waals surface area contributed by atoms with Gasteiger partial charge in [0, 0.05) is 6.07 Å². The molecule has 1 aromatic carbocycles. The number of halogens is 2. The lowest BCUT2D eigenvalue weighted by Gasteiger charge is -2.03. The van der Waals surface area contributed by atoms with Gasteiger partial charge in [0.2, 0.25) is 5.89 Å². The zero-order valence-corrected chi connectivity index (χ0v) is 11.9. The Morgan fingerprint density at radius 2 is 2.05 bits per heavy atom. The molecule has 0 bridgehead atoms. The van der Waals surface area contributed by atoms with E-state index in [0.717, 1.165) is 17.0 Å². The number of carbonyl (C=O) groups excluding carboxylic acids is 1. The fraction of sp³-hybridized carbons (Fsp3) is 0.0667. The van der Waals surface area contributed by atoms with Crippen molar-refractivity contribution in [3.8, 4) is 10.8 Å². The van der Waals surface area contributed by atoms with E-state index in [0.29, 0.717) is 17.7 Å². The number of oxazole rings is 1. The zero-order chi connectivity index (χ0) is 15.5. The highest BCUT2D eigenvalue weighted by Gasteiger charge is 2.13. The minimum Gasteiger partial charge on any atom is -0.455 e. The largest absolute Gasteiger partial charge is 0.455 e. The molecule has 0 spiro atoms. The Morgan fingerprint density at radius 3 is 2.73 bits per heavy atom. The van der Waals surface area contributed by atoms with Crippen molar-refractivity contribution in [2.45, 2.75) is 6.61 Å². The fourth-order valence-electron chi connectivity index (χ4n) is 1.78. The molecule has 2 aromatic heterocycles. The van der Waals surface area contributed by atoms with Crippen molar-refractivity contribution < 1.29 is 22.7 Å². The van der Waals surface area contributed by atoms with E-state index in [4.69, 9.17) is 9.15 Å². The number of esters is 1. The summed E-state index contributed by atoms with van der Waals surface area (Å²) in [5.41, 5.74) is 0.216. The molecule has 0 atom stereocenters. The average molecular weight is 321 g/mol. The van der Waals surface area contributed by atoms with Crippen molar-refractivity contribution in [3.63, 3.8) is 0 Å². The molecule has 112 valence electrons. The van der Waals surface area contributed by atoms with Crippen molar-refractivity contribution in [1.29, 1.82) is 0 Å². The van der Waals surface area contributed by atoms with E-state index in [1.165, 1.54) is 17.6 Å². The lowest BCUT2D eigenvalue weighted by atomic mass is 10.2. The Kier molecular flexibility index (Phi) is 3.97. The van der Waals surface area contributed by atoms with Gasteiger partial charge in [0.25, 0.3) is 0 Å². The molecule has 0 fully saturated rings. The van der Waals surface area contributed by atoms with Gasteiger partial charge in [-0.3, -0.25) is 0 Å². The summed E-state index contributed by atoms with van der Waals surface area (Å²) in [6.07, 6.45) is 1.37. The predicted octanol–water partition coefficient (Wildman–Crippen LogP) is 4.04. The van der Waals surface area contributed by atoms with Gasteiger partial charge in [0.1, 0.15) is 30.2 Å². The van der Waals surface area contributed by atoms with Crippen molar-refractivity contribution in [1.82, 2.24) is 4.98 Å². The molecule has 4 nitrogen and oxygen atoms in total. The van der Waals surface area contributed by atoms with Crippen LogP contribution in [-0.4, -0.2) is 11.0 Å². The number of benzene rings is 1. The lowest BCUT2D eigenvalue weighted by Crippen LogP contribution is -2.06. The minimum atomic E-state index is -0.839. The van der Waals surface area contributed by atoms with Gasteiger partial charge < -0.3 is 9.15 Å². The van der Waals surface area contributed by atoms with Gasteiger partial charge in [-0.05, 0) is 23.6 Å². The van der Waals surface area contributed by atoms with Crippen LogP contribution in [0.15, 0.2) is 46.4 Å². The summed E-state index contributed by atoms with van der Waals surface area (Å²) in [6.45, 7) is -0.147. The quantitative estimate of drug-likeness (QED) is 0.681. The maximum absolute atomic E-state index is 13.0. The van der Waals surface area contributed by atoms with Gasteiger partial charge in [-0.2, -0.15) is 0 Å². The average Bonchev–Trinajstić information content (AvgIpc) is 3.14. The molecule has 2 heterocycles. The van der Waals surface area contributed by atoms with Crippen molar-refractivity contribution in [2.24, 2.45) is 0 Å². The number of hydrogen-bond donors (Lipinski definition) is 0. The van der Waals surface area contributed by atoms with E-state index in [-0.39, 0.29) is 12.2 Å². The molecule has 0 unspecified atom stereocenters. The van der Waals surface area contributed by atoms with E-state index >= 15 is 0 Å². The Labute approximate surface area is 128 Å². The summed E-state index contributed by atoms with van der Waals surface area (Å²) >= 11 is 1.47. The molecule has 3 rings (SSSR count). The van der Waals surface area contributed by atoms with E-state index in [9.17, 15) is 13.6 Å². The van der Waals surface area contributed by atoms with Crippen molar-refractivity contribution in [3.05, 3.63) is 64.9 Å². The summed E-state index contributed by atoms with van der Waals surface area (Å²) in [7, 11) is 0. The Hall–Kier alpha value is -2.54. The standard InChI is InChI=1S/C15H9F2NO3S/c16-10-4-9(5-11(17)6-10)15(19)21-8-12-7-20-14(18-12)13-2-1-3-22-13/h1-7H,8H2. The second-order valence-corrected chi connectivity index (χ2v) is 5.30. The predicted molar refractivity (Wildman–Crippen MR) is 75.3 cm³/mol. The number of carbonyl (C=O) groups is 1. The number of aromatic nitrogens is 1. The Bertz CT molecular complexity index is 779. The molecular weight excluding hydrogens is 312 g/mol. The van der Waals surface area contributed by atoms with Crippen LogP contribution in [0.3, 0.4) is 0 Å². The monoisotopic (exact) mass is 321 g/mol. The van der Waals surface area contributed by atoms with E-state index in [1.807, 2.05) is 17.5 Å². The molecule has 0 N–H and O–H groups in total. The van der Waals surface area contributed by atoms with Gasteiger partial charge in [-0.1, -0.05) is 6.07 Å². The molecule has 0 saturated heterocycles. The Morgan fingerprint density at radius 1 is 1.27 bits per heavy atom. The van der Waals surface area contributed by atoms with Crippen LogP contribution in [0.25, 0.3) is 10.8 Å². The maximum Gasteiger partial charge on any atom is 0.338 e. The summed E-state index contributed by atoms with van der Waals surface area (Å²) in [4.78, 5) is 16.8. The first-order valence-corrected chi connectivity index (χ1v) is 7.11.